The molecule has 2 saturated heterocycles. The van der Waals surface area contributed by atoms with E-state index in [2.05, 4.69) is 10.2 Å². The number of hydrogen-bond acceptors (Lipinski definition) is 5. The summed E-state index contributed by atoms with van der Waals surface area (Å²) >= 11 is 6.10. The molecule has 1 aliphatic carbocycles. The topological polar surface area (TPSA) is 82.2 Å². The van der Waals surface area contributed by atoms with Crippen LogP contribution in [0.2, 0.25) is 5.02 Å². The average molecular weight is 435 g/mol. The van der Waals surface area contributed by atoms with E-state index >= 15 is 0 Å². The number of amides is 3. The summed E-state index contributed by atoms with van der Waals surface area (Å²) in [6.07, 6.45) is 2.33. The Hall–Kier alpha value is -2.32. The van der Waals surface area contributed by atoms with E-state index in [9.17, 15) is 14.4 Å². The maximum atomic E-state index is 13.0. The van der Waals surface area contributed by atoms with Crippen LogP contribution in [-0.2, 0) is 14.4 Å². The Morgan fingerprint density at radius 2 is 1.93 bits per heavy atom. The van der Waals surface area contributed by atoms with Crippen molar-refractivity contribution in [1.82, 2.24) is 15.1 Å². The minimum absolute atomic E-state index is 0.00562. The summed E-state index contributed by atoms with van der Waals surface area (Å²) in [6.45, 7) is 3.16. The number of hydrogen-bond donors (Lipinski definition) is 1. The molecule has 3 aliphatic rings. The number of anilines is 1. The Morgan fingerprint density at radius 1 is 1.20 bits per heavy atom. The van der Waals surface area contributed by atoms with Gasteiger partial charge in [-0.05, 0) is 31.0 Å². The summed E-state index contributed by atoms with van der Waals surface area (Å²) in [6, 6.07) is 5.48. The van der Waals surface area contributed by atoms with E-state index in [1.165, 1.54) is 0 Å². The molecule has 162 valence electrons. The van der Waals surface area contributed by atoms with E-state index in [1.807, 2.05) is 4.90 Å². The minimum atomic E-state index is -0.383. The van der Waals surface area contributed by atoms with Crippen LogP contribution in [-0.4, -0.2) is 79.9 Å². The van der Waals surface area contributed by atoms with Gasteiger partial charge in [0.1, 0.15) is 5.75 Å². The number of piperazine rings is 1. The molecule has 0 radical (unpaired) electrons. The Labute approximate surface area is 181 Å². The van der Waals surface area contributed by atoms with Gasteiger partial charge in [0.05, 0.1) is 25.3 Å². The molecule has 1 saturated carbocycles. The van der Waals surface area contributed by atoms with Crippen molar-refractivity contribution in [3.8, 4) is 5.75 Å². The molecule has 8 nitrogen and oxygen atoms in total. The lowest BCUT2D eigenvalue weighted by Crippen LogP contribution is -2.52. The smallest absolute Gasteiger partial charge is 0.234 e. The SMILES string of the molecule is COc1ccc(Cl)cc1N1CC(C(=O)N2CCN(CC(=O)NC3CC3)CC2)CC1=O. The number of ether oxygens (including phenoxy) is 1. The van der Waals surface area contributed by atoms with E-state index in [4.69, 9.17) is 16.3 Å². The second kappa shape index (κ2) is 8.81. The second-order valence-corrected chi connectivity index (χ2v) is 8.60. The quantitative estimate of drug-likeness (QED) is 0.725. The molecule has 9 heteroatoms. The minimum Gasteiger partial charge on any atom is -0.495 e. The summed E-state index contributed by atoms with van der Waals surface area (Å²) in [5.74, 6) is 0.118. The third-order valence-corrected chi connectivity index (χ3v) is 6.13. The molecule has 3 fully saturated rings. The Morgan fingerprint density at radius 3 is 2.60 bits per heavy atom. The summed E-state index contributed by atoms with van der Waals surface area (Å²) in [5, 5.41) is 3.50. The van der Waals surface area contributed by atoms with Crippen LogP contribution in [0.4, 0.5) is 5.69 Å². The number of nitrogens with one attached hydrogen (secondary N) is 1. The van der Waals surface area contributed by atoms with Gasteiger partial charge < -0.3 is 19.9 Å². The van der Waals surface area contributed by atoms with E-state index in [-0.39, 0.29) is 30.1 Å². The van der Waals surface area contributed by atoms with E-state index in [1.54, 1.807) is 30.2 Å². The molecule has 0 bridgehead atoms. The molecule has 2 aliphatic heterocycles. The first kappa shape index (κ1) is 20.9. The van der Waals surface area contributed by atoms with E-state index in [0.717, 1.165) is 12.8 Å². The second-order valence-electron chi connectivity index (χ2n) is 8.16. The van der Waals surface area contributed by atoms with Crippen LogP contribution in [0.3, 0.4) is 0 Å². The maximum absolute atomic E-state index is 13.0. The summed E-state index contributed by atoms with van der Waals surface area (Å²) in [4.78, 5) is 43.1. The molecule has 3 amide bonds. The molecular weight excluding hydrogens is 408 g/mol. The molecule has 4 rings (SSSR count). The Balaban J connectivity index is 1.32. The molecule has 1 unspecified atom stereocenters. The van der Waals surface area contributed by atoms with Crippen molar-refractivity contribution in [3.63, 3.8) is 0 Å². The first-order chi connectivity index (χ1) is 14.4. The van der Waals surface area contributed by atoms with Crippen LogP contribution in [0.1, 0.15) is 19.3 Å². The van der Waals surface area contributed by atoms with Gasteiger partial charge in [0.2, 0.25) is 17.7 Å². The highest BCUT2D eigenvalue weighted by Crippen LogP contribution is 2.35. The van der Waals surface area contributed by atoms with Gasteiger partial charge in [0, 0.05) is 50.2 Å². The van der Waals surface area contributed by atoms with Gasteiger partial charge in [-0.2, -0.15) is 0 Å². The maximum Gasteiger partial charge on any atom is 0.234 e. The van der Waals surface area contributed by atoms with E-state index in [0.29, 0.717) is 61.8 Å². The highest BCUT2D eigenvalue weighted by Gasteiger charge is 2.39. The standard InChI is InChI=1S/C21H27ClN4O4/c1-30-18-5-2-15(22)11-17(18)26-12-14(10-20(26)28)21(29)25-8-6-24(7-9-25)13-19(27)23-16-3-4-16/h2,5,11,14,16H,3-4,6-10,12-13H2,1H3,(H,23,27). The number of carbonyl (C=O) groups excluding carboxylic acids is 3. The van der Waals surface area contributed by atoms with Crippen molar-refractivity contribution in [1.29, 1.82) is 0 Å². The van der Waals surface area contributed by atoms with Crippen molar-refractivity contribution < 1.29 is 19.1 Å². The monoisotopic (exact) mass is 434 g/mol. The number of benzene rings is 1. The van der Waals surface area contributed by atoms with Gasteiger partial charge >= 0.3 is 0 Å². The zero-order chi connectivity index (χ0) is 21.3. The highest BCUT2D eigenvalue weighted by atomic mass is 35.5. The summed E-state index contributed by atoms with van der Waals surface area (Å²) in [7, 11) is 1.54. The van der Waals surface area contributed by atoms with Crippen LogP contribution in [0, 0.1) is 5.92 Å². The van der Waals surface area contributed by atoms with Crippen molar-refractivity contribution in [2.24, 2.45) is 5.92 Å². The Kier molecular flexibility index (Phi) is 6.15. The van der Waals surface area contributed by atoms with Crippen molar-refractivity contribution in [2.45, 2.75) is 25.3 Å². The normalized spacial score (nSPS) is 22.3. The number of carbonyl (C=O) groups is 3. The van der Waals surface area contributed by atoms with E-state index < -0.39 is 0 Å². The van der Waals surface area contributed by atoms with Crippen molar-refractivity contribution in [3.05, 3.63) is 23.2 Å². The van der Waals surface area contributed by atoms with Gasteiger partial charge in [0.25, 0.3) is 0 Å². The van der Waals surface area contributed by atoms with Crippen LogP contribution in [0.25, 0.3) is 0 Å². The van der Waals surface area contributed by atoms with Crippen LogP contribution in [0.5, 0.6) is 5.75 Å². The van der Waals surface area contributed by atoms with Gasteiger partial charge in [-0.25, -0.2) is 0 Å². The fraction of sp³-hybridized carbons (Fsp3) is 0.571. The van der Waals surface area contributed by atoms with Gasteiger partial charge in [-0.1, -0.05) is 11.6 Å². The molecule has 1 atom stereocenters. The fourth-order valence-electron chi connectivity index (χ4n) is 4.07. The van der Waals surface area contributed by atoms with Gasteiger partial charge in [0.15, 0.2) is 0 Å². The number of nitrogens with zero attached hydrogens (tertiary/aromatic N) is 3. The molecule has 0 spiro atoms. The molecule has 1 aromatic carbocycles. The molecule has 0 aromatic heterocycles. The molecule has 2 heterocycles. The predicted molar refractivity (Wildman–Crippen MR) is 113 cm³/mol. The molecule has 1 aromatic rings. The predicted octanol–water partition coefficient (Wildman–Crippen LogP) is 1.12. The zero-order valence-electron chi connectivity index (χ0n) is 17.1. The number of rotatable bonds is 6. The van der Waals surface area contributed by atoms with Crippen LogP contribution >= 0.6 is 11.6 Å². The van der Waals surface area contributed by atoms with Crippen molar-refractivity contribution >= 4 is 35.0 Å². The largest absolute Gasteiger partial charge is 0.495 e. The average Bonchev–Trinajstić information content (AvgIpc) is 3.46. The first-order valence-corrected chi connectivity index (χ1v) is 10.8. The fourth-order valence-corrected chi connectivity index (χ4v) is 4.23. The Bertz CT molecular complexity index is 836. The highest BCUT2D eigenvalue weighted by molar-refractivity contribution is 6.31. The number of methoxy groups -OCH3 is 1. The van der Waals surface area contributed by atoms with Crippen LogP contribution in [0.15, 0.2) is 18.2 Å². The molecule has 30 heavy (non-hydrogen) atoms. The van der Waals surface area contributed by atoms with Crippen molar-refractivity contribution in [2.75, 3.05) is 51.3 Å². The van der Waals surface area contributed by atoms with Gasteiger partial charge in [-0.15, -0.1) is 0 Å². The molecular formula is C21H27ClN4O4. The lowest BCUT2D eigenvalue weighted by molar-refractivity contribution is -0.137. The lowest BCUT2D eigenvalue weighted by atomic mass is 10.1. The van der Waals surface area contributed by atoms with Crippen LogP contribution < -0.4 is 15.0 Å². The number of halogens is 1. The zero-order valence-corrected chi connectivity index (χ0v) is 17.9. The first-order valence-electron chi connectivity index (χ1n) is 10.4. The third kappa shape index (κ3) is 4.70. The summed E-state index contributed by atoms with van der Waals surface area (Å²) in [5.41, 5.74) is 0.594. The van der Waals surface area contributed by atoms with Gasteiger partial charge in [-0.3, -0.25) is 19.3 Å². The lowest BCUT2D eigenvalue weighted by Gasteiger charge is -2.35. The molecule has 1 N–H and O–H groups in total. The third-order valence-electron chi connectivity index (χ3n) is 5.90. The summed E-state index contributed by atoms with van der Waals surface area (Å²) < 4.78 is 5.36.